The molecule has 0 radical (unpaired) electrons. The summed E-state index contributed by atoms with van der Waals surface area (Å²) in [5.74, 6) is 0.686. The normalized spacial score (nSPS) is 11.6. The van der Waals surface area contributed by atoms with E-state index in [1.807, 2.05) is 67.6 Å². The van der Waals surface area contributed by atoms with Gasteiger partial charge in [-0.2, -0.15) is 0 Å². The highest BCUT2D eigenvalue weighted by atomic mass is 31.1. The Morgan fingerprint density at radius 1 is 0.658 bits per heavy atom. The Balaban J connectivity index is 1.65. The minimum absolute atomic E-state index is 0.149. The van der Waals surface area contributed by atoms with Crippen LogP contribution in [0.15, 0.2) is 118 Å². The van der Waals surface area contributed by atoms with Crippen LogP contribution in [-0.2, 0) is 6.61 Å². The molecular weight excluding hydrogens is 491 g/mol. The minimum atomic E-state index is -1.91. The maximum Gasteiger partial charge on any atom is 0.453 e. The van der Waals surface area contributed by atoms with E-state index in [4.69, 9.17) is 12.9 Å². The molecule has 0 fully saturated rings. The molecule has 6 rings (SSSR count). The fourth-order valence-corrected chi connectivity index (χ4v) is 5.96. The first-order valence-corrected chi connectivity index (χ1v) is 13.6. The molecule has 0 aliphatic carbocycles. The van der Waals surface area contributed by atoms with Crippen molar-refractivity contribution in [2.45, 2.75) is 20.5 Å². The molecule has 0 spiro atoms. The number of benzene rings is 5. The minimum Gasteiger partial charge on any atom is -0.392 e. The maximum atomic E-state index is 10.2. The van der Waals surface area contributed by atoms with Crippen LogP contribution in [0.3, 0.4) is 0 Å². The molecule has 1 atom stereocenters. The van der Waals surface area contributed by atoms with Gasteiger partial charge in [0.2, 0.25) is 0 Å². The Morgan fingerprint density at radius 3 is 1.92 bits per heavy atom. The number of aryl methyl sites for hydroxylation is 2. The molecule has 5 aromatic carbocycles. The predicted molar refractivity (Wildman–Crippen MR) is 155 cm³/mol. The molecule has 0 amide bonds. The Morgan fingerprint density at radius 2 is 1.29 bits per heavy atom. The summed E-state index contributed by atoms with van der Waals surface area (Å²) in [5.41, 5.74) is 8.09. The first-order chi connectivity index (χ1) is 18.6. The van der Waals surface area contributed by atoms with Crippen LogP contribution in [-0.4, -0.2) is 5.11 Å². The predicted octanol–water partition coefficient (Wildman–Crippen LogP) is 9.58. The third-order valence-corrected chi connectivity index (χ3v) is 7.60. The average molecular weight is 519 g/mol. The van der Waals surface area contributed by atoms with E-state index < -0.39 is 8.24 Å². The zero-order chi connectivity index (χ0) is 26.1. The van der Waals surface area contributed by atoms with Gasteiger partial charge in [0.05, 0.1) is 6.61 Å². The summed E-state index contributed by atoms with van der Waals surface area (Å²) in [4.78, 5) is 0. The topological polar surface area (TPSA) is 55.7 Å². The maximum absolute atomic E-state index is 10.2. The SMILES string of the molecule is Cc1ccc2op(Oc3c(-c4ccccc4)cccc3-c3ccccc3)oc3c(CO)cc(C)cc3c2c1. The molecule has 4 nitrogen and oxygen atoms in total. The van der Waals surface area contributed by atoms with Gasteiger partial charge in [-0.15, -0.1) is 0 Å². The van der Waals surface area contributed by atoms with E-state index >= 15 is 0 Å². The summed E-state index contributed by atoms with van der Waals surface area (Å²) in [7, 11) is -1.91. The smallest absolute Gasteiger partial charge is 0.392 e. The van der Waals surface area contributed by atoms with Crippen LogP contribution in [0.25, 0.3) is 44.2 Å². The van der Waals surface area contributed by atoms with Crippen molar-refractivity contribution in [1.29, 1.82) is 0 Å². The van der Waals surface area contributed by atoms with Crippen molar-refractivity contribution >= 4 is 30.2 Å². The molecule has 0 saturated carbocycles. The third kappa shape index (κ3) is 4.61. The molecule has 1 aromatic heterocycles. The third-order valence-electron chi connectivity index (χ3n) is 6.59. The van der Waals surface area contributed by atoms with Gasteiger partial charge in [-0.25, -0.2) is 0 Å². The van der Waals surface area contributed by atoms with Gasteiger partial charge in [0.1, 0.15) is 5.58 Å². The van der Waals surface area contributed by atoms with E-state index in [1.54, 1.807) is 0 Å². The van der Waals surface area contributed by atoms with Crippen molar-refractivity contribution in [3.05, 3.63) is 126 Å². The average Bonchev–Trinajstić information content (AvgIpc) is 3.10. The molecule has 1 N–H and O–H groups in total. The fraction of sp³-hybridized carbons (Fsp3) is 0.0909. The van der Waals surface area contributed by atoms with Crippen LogP contribution in [0, 0.1) is 13.8 Å². The number of aliphatic hydroxyl groups is 1. The highest BCUT2D eigenvalue weighted by Crippen LogP contribution is 2.46. The number of fused-ring (bicyclic) bond motifs is 3. The van der Waals surface area contributed by atoms with E-state index in [0.717, 1.165) is 44.2 Å². The van der Waals surface area contributed by atoms with Crippen LogP contribution in [0.5, 0.6) is 5.75 Å². The van der Waals surface area contributed by atoms with Crippen molar-refractivity contribution in [3.63, 3.8) is 0 Å². The van der Waals surface area contributed by atoms with Crippen LogP contribution < -0.4 is 4.52 Å². The first-order valence-electron chi connectivity index (χ1n) is 12.5. The van der Waals surface area contributed by atoms with E-state index in [0.29, 0.717) is 22.5 Å². The van der Waals surface area contributed by atoms with Crippen LogP contribution in [0.4, 0.5) is 0 Å². The molecule has 1 heterocycles. The molecule has 38 heavy (non-hydrogen) atoms. The lowest BCUT2D eigenvalue weighted by molar-refractivity contribution is 0.282. The van der Waals surface area contributed by atoms with Gasteiger partial charge in [-0.1, -0.05) is 90.5 Å². The summed E-state index contributed by atoms with van der Waals surface area (Å²) >= 11 is 0. The van der Waals surface area contributed by atoms with E-state index in [2.05, 4.69) is 55.5 Å². The Kier molecular flexibility index (Phi) is 6.51. The lowest BCUT2D eigenvalue weighted by atomic mass is 9.97. The standard InChI is InChI=1S/C33H27O4P/c1-22-16-17-31-29(19-22)30-20-23(2)18-26(21-34)32(30)36-38(35-31)37-33-27(24-10-5-3-6-11-24)14-9-15-28(33)25-12-7-4-8-13-25/h3-20,34H,21H2,1-2H3. The summed E-state index contributed by atoms with van der Waals surface area (Å²) in [5, 5.41) is 12.0. The Hall–Kier alpha value is -4.24. The highest BCUT2D eigenvalue weighted by Gasteiger charge is 2.18. The first kappa shape index (κ1) is 24.1. The van der Waals surface area contributed by atoms with Crippen LogP contribution in [0.2, 0.25) is 0 Å². The second kappa shape index (κ2) is 10.3. The lowest BCUT2D eigenvalue weighted by Crippen LogP contribution is -1.90. The summed E-state index contributed by atoms with van der Waals surface area (Å²) in [6.45, 7) is 3.92. The molecular formula is C33H27O4P. The van der Waals surface area contributed by atoms with Crippen molar-refractivity contribution < 1.29 is 18.0 Å². The number of hydrogen-bond donors (Lipinski definition) is 1. The lowest BCUT2D eigenvalue weighted by Gasteiger charge is -2.14. The van der Waals surface area contributed by atoms with Gasteiger partial charge in [0.25, 0.3) is 0 Å². The van der Waals surface area contributed by atoms with Crippen LogP contribution in [0.1, 0.15) is 16.7 Å². The van der Waals surface area contributed by atoms with Crippen molar-refractivity contribution in [2.24, 2.45) is 0 Å². The van der Waals surface area contributed by atoms with E-state index in [9.17, 15) is 5.11 Å². The Labute approximate surface area is 222 Å². The van der Waals surface area contributed by atoms with E-state index in [-0.39, 0.29) is 6.61 Å². The number of hydrogen-bond acceptors (Lipinski definition) is 4. The number of rotatable bonds is 5. The second-order valence-electron chi connectivity index (χ2n) is 9.37. The Bertz CT molecular complexity index is 1730. The molecule has 0 bridgehead atoms. The monoisotopic (exact) mass is 518 g/mol. The summed E-state index contributed by atoms with van der Waals surface area (Å²) in [6.07, 6.45) is 0. The van der Waals surface area contributed by atoms with Gasteiger partial charge < -0.3 is 18.0 Å². The quantitative estimate of drug-likeness (QED) is 0.247. The van der Waals surface area contributed by atoms with Crippen molar-refractivity contribution in [1.82, 2.24) is 0 Å². The largest absolute Gasteiger partial charge is 0.453 e. The second-order valence-corrected chi connectivity index (χ2v) is 10.4. The highest BCUT2D eigenvalue weighted by molar-refractivity contribution is 7.32. The summed E-state index contributed by atoms with van der Waals surface area (Å²) < 4.78 is 19.7. The van der Waals surface area contributed by atoms with Gasteiger partial charge in [0.15, 0.2) is 11.3 Å². The van der Waals surface area contributed by atoms with Crippen LogP contribution >= 0.6 is 8.24 Å². The van der Waals surface area contributed by atoms with Gasteiger partial charge in [-0.3, -0.25) is 0 Å². The van der Waals surface area contributed by atoms with Gasteiger partial charge >= 0.3 is 8.24 Å². The molecule has 5 heteroatoms. The number of para-hydroxylation sites is 1. The molecule has 0 aliphatic rings. The van der Waals surface area contributed by atoms with E-state index in [1.165, 1.54) is 0 Å². The molecule has 188 valence electrons. The van der Waals surface area contributed by atoms with Gasteiger partial charge in [0, 0.05) is 27.5 Å². The zero-order valence-corrected chi connectivity index (χ0v) is 22.1. The molecule has 0 saturated heterocycles. The number of aliphatic hydroxyl groups excluding tert-OH is 1. The van der Waals surface area contributed by atoms with Crippen molar-refractivity contribution in [2.75, 3.05) is 0 Å². The van der Waals surface area contributed by atoms with Gasteiger partial charge in [-0.05, 0) is 54.8 Å². The summed E-state index contributed by atoms with van der Waals surface area (Å²) in [6, 6.07) is 36.6. The zero-order valence-electron chi connectivity index (χ0n) is 21.2. The molecule has 6 aromatic rings. The molecule has 0 aliphatic heterocycles. The fourth-order valence-electron chi connectivity index (χ4n) is 4.82. The molecule has 1 unspecified atom stereocenters. The van der Waals surface area contributed by atoms with Crippen molar-refractivity contribution in [3.8, 4) is 28.0 Å².